The van der Waals surface area contributed by atoms with Crippen LogP contribution in [0, 0.1) is 5.41 Å². The van der Waals surface area contributed by atoms with E-state index in [0.29, 0.717) is 55.7 Å². The number of amides is 2. The van der Waals surface area contributed by atoms with Gasteiger partial charge in [-0.05, 0) is 60.9 Å². The first-order valence-electron chi connectivity index (χ1n) is 14.0. The summed E-state index contributed by atoms with van der Waals surface area (Å²) in [6.07, 6.45) is 0.493. The van der Waals surface area contributed by atoms with E-state index in [2.05, 4.69) is 10.1 Å². The number of nitrogens with zero attached hydrogens (tertiary/aromatic N) is 4. The third-order valence-electron chi connectivity index (χ3n) is 7.24. The molecule has 0 radical (unpaired) electrons. The highest BCUT2D eigenvalue weighted by atomic mass is 16.5. The largest absolute Gasteiger partial charge is 0.490 e. The SMILES string of the molecule is CCOc1ccc(Cc2nc(-c3cccc4c3CCC4N(C(=O)O)[C@H](C(=O)N(C)C)C(C)(C)C)no2)cc1OCC. The second kappa shape index (κ2) is 12.2. The van der Waals surface area contributed by atoms with Gasteiger partial charge in [0.05, 0.1) is 25.7 Å². The van der Waals surface area contributed by atoms with Gasteiger partial charge in [-0.2, -0.15) is 4.98 Å². The van der Waals surface area contributed by atoms with Crippen LogP contribution in [-0.4, -0.2) is 70.4 Å². The van der Waals surface area contributed by atoms with Crippen molar-refractivity contribution >= 4 is 12.0 Å². The molecule has 3 aromatic rings. The molecule has 220 valence electrons. The highest BCUT2D eigenvalue weighted by Crippen LogP contribution is 2.43. The third kappa shape index (κ3) is 6.31. The van der Waals surface area contributed by atoms with Crippen molar-refractivity contribution < 1.29 is 28.7 Å². The number of ether oxygens (including phenoxy) is 2. The summed E-state index contributed by atoms with van der Waals surface area (Å²) in [5.74, 6) is 2.02. The topological polar surface area (TPSA) is 118 Å². The Bertz CT molecular complexity index is 1390. The number of hydrogen-bond acceptors (Lipinski definition) is 7. The fourth-order valence-electron chi connectivity index (χ4n) is 5.52. The van der Waals surface area contributed by atoms with Crippen LogP contribution in [0.1, 0.15) is 69.7 Å². The van der Waals surface area contributed by atoms with Crippen LogP contribution in [0.15, 0.2) is 40.9 Å². The molecule has 1 heterocycles. The van der Waals surface area contributed by atoms with Crippen LogP contribution in [0.3, 0.4) is 0 Å². The van der Waals surface area contributed by atoms with Crippen LogP contribution in [-0.2, 0) is 17.6 Å². The maximum absolute atomic E-state index is 13.2. The van der Waals surface area contributed by atoms with E-state index >= 15 is 0 Å². The molecule has 1 aliphatic rings. The average Bonchev–Trinajstić information content (AvgIpc) is 3.55. The number of benzene rings is 2. The number of fused-ring (bicyclic) bond motifs is 1. The standard InChI is InChI=1S/C31H40N4O6/c1-8-39-24-16-13-19(17-25(24)40-9-2)18-26-32-28(33-41-26)22-12-10-11-21-20(22)14-15-23(21)35(30(37)38)27(31(3,4)5)29(36)34(6)7/h10-13,16-17,23,27H,8-9,14-15,18H2,1-7H3,(H,37,38)/t23?,27-/m1/s1. The summed E-state index contributed by atoms with van der Waals surface area (Å²) in [6.45, 7) is 10.6. The van der Waals surface area contributed by atoms with Crippen LogP contribution < -0.4 is 9.47 Å². The predicted octanol–water partition coefficient (Wildman–Crippen LogP) is 5.60. The number of rotatable bonds is 10. The fraction of sp³-hybridized carbons (Fsp3) is 0.484. The van der Waals surface area contributed by atoms with Crippen molar-refractivity contribution in [3.63, 3.8) is 0 Å². The Morgan fingerprint density at radius 1 is 1.10 bits per heavy atom. The Labute approximate surface area is 241 Å². The first-order valence-corrected chi connectivity index (χ1v) is 14.0. The molecular weight excluding hydrogens is 524 g/mol. The van der Waals surface area contributed by atoms with Gasteiger partial charge in [-0.25, -0.2) is 4.79 Å². The summed E-state index contributed by atoms with van der Waals surface area (Å²) < 4.78 is 17.0. The normalized spacial score (nSPS) is 15.2. The van der Waals surface area contributed by atoms with Gasteiger partial charge in [-0.15, -0.1) is 0 Å². The highest BCUT2D eigenvalue weighted by Gasteiger charge is 2.45. The van der Waals surface area contributed by atoms with E-state index in [-0.39, 0.29) is 5.91 Å². The molecule has 1 aromatic heterocycles. The second-order valence-electron chi connectivity index (χ2n) is 11.5. The molecule has 1 unspecified atom stereocenters. The number of carbonyl (C=O) groups excluding carboxylic acids is 1. The summed E-state index contributed by atoms with van der Waals surface area (Å²) in [5, 5.41) is 14.6. The molecule has 1 aliphatic carbocycles. The molecule has 4 rings (SSSR count). The van der Waals surface area contributed by atoms with E-state index in [9.17, 15) is 14.7 Å². The van der Waals surface area contributed by atoms with Crippen LogP contribution in [0.4, 0.5) is 4.79 Å². The Morgan fingerprint density at radius 2 is 1.80 bits per heavy atom. The lowest BCUT2D eigenvalue weighted by Gasteiger charge is -2.42. The second-order valence-corrected chi connectivity index (χ2v) is 11.5. The van der Waals surface area contributed by atoms with Crippen molar-refractivity contribution in [1.82, 2.24) is 19.9 Å². The third-order valence-corrected chi connectivity index (χ3v) is 7.24. The zero-order chi connectivity index (χ0) is 29.9. The van der Waals surface area contributed by atoms with Gasteiger partial charge < -0.3 is 24.0 Å². The molecule has 0 bridgehead atoms. The maximum Gasteiger partial charge on any atom is 0.408 e. The quantitative estimate of drug-likeness (QED) is 0.338. The first kappa shape index (κ1) is 29.9. The van der Waals surface area contributed by atoms with Crippen molar-refractivity contribution in [2.45, 2.75) is 66.0 Å². The number of hydrogen-bond donors (Lipinski definition) is 1. The van der Waals surface area contributed by atoms with Gasteiger partial charge in [0.2, 0.25) is 17.6 Å². The lowest BCUT2D eigenvalue weighted by molar-refractivity contribution is -0.138. The van der Waals surface area contributed by atoms with Crippen molar-refractivity contribution in [3.05, 3.63) is 59.0 Å². The van der Waals surface area contributed by atoms with Gasteiger partial charge in [0.15, 0.2) is 11.5 Å². The van der Waals surface area contributed by atoms with Crippen LogP contribution in [0.5, 0.6) is 11.5 Å². The summed E-state index contributed by atoms with van der Waals surface area (Å²) >= 11 is 0. The molecule has 0 saturated carbocycles. The zero-order valence-corrected chi connectivity index (χ0v) is 24.9. The molecule has 0 fully saturated rings. The van der Waals surface area contributed by atoms with Gasteiger partial charge in [0.1, 0.15) is 6.04 Å². The number of aromatic nitrogens is 2. The molecular formula is C31H40N4O6. The molecule has 2 amide bonds. The van der Waals surface area contributed by atoms with Gasteiger partial charge in [-0.1, -0.05) is 50.2 Å². The fourth-order valence-corrected chi connectivity index (χ4v) is 5.52. The molecule has 0 aliphatic heterocycles. The Morgan fingerprint density at radius 3 is 2.44 bits per heavy atom. The van der Waals surface area contributed by atoms with Gasteiger partial charge >= 0.3 is 6.09 Å². The lowest BCUT2D eigenvalue weighted by Crippen LogP contribution is -2.56. The minimum absolute atomic E-state index is 0.242. The van der Waals surface area contributed by atoms with Crippen LogP contribution in [0.2, 0.25) is 0 Å². The summed E-state index contributed by atoms with van der Waals surface area (Å²) in [6, 6.07) is 10.2. The molecule has 41 heavy (non-hydrogen) atoms. The maximum atomic E-state index is 13.2. The molecule has 2 aromatic carbocycles. The minimum Gasteiger partial charge on any atom is -0.490 e. The Balaban J connectivity index is 1.64. The first-order chi connectivity index (χ1) is 19.5. The zero-order valence-electron chi connectivity index (χ0n) is 24.9. The van der Waals surface area contributed by atoms with Crippen molar-refractivity contribution in [3.8, 4) is 22.9 Å². The van der Waals surface area contributed by atoms with Crippen molar-refractivity contribution in [1.29, 1.82) is 0 Å². The summed E-state index contributed by atoms with van der Waals surface area (Å²) in [4.78, 5) is 33.4. The average molecular weight is 565 g/mol. The van der Waals surface area contributed by atoms with E-state index in [1.165, 1.54) is 9.80 Å². The highest BCUT2D eigenvalue weighted by molar-refractivity contribution is 5.86. The Hall–Kier alpha value is -4.08. The molecule has 10 heteroatoms. The van der Waals surface area contributed by atoms with E-state index in [1.54, 1.807) is 14.1 Å². The van der Waals surface area contributed by atoms with E-state index in [4.69, 9.17) is 14.0 Å². The number of likely N-dealkylation sites (N-methyl/N-ethyl adjacent to an activating group) is 1. The van der Waals surface area contributed by atoms with Gasteiger partial charge in [-0.3, -0.25) is 9.69 Å². The predicted molar refractivity (Wildman–Crippen MR) is 154 cm³/mol. The summed E-state index contributed by atoms with van der Waals surface area (Å²) in [7, 11) is 3.31. The number of carboxylic acid groups (broad SMARTS) is 1. The number of carbonyl (C=O) groups is 2. The smallest absolute Gasteiger partial charge is 0.408 e. The molecule has 1 N–H and O–H groups in total. The summed E-state index contributed by atoms with van der Waals surface area (Å²) in [5.41, 5.74) is 2.98. The minimum atomic E-state index is -1.12. The monoisotopic (exact) mass is 564 g/mol. The Kier molecular flexibility index (Phi) is 8.89. The van der Waals surface area contributed by atoms with E-state index in [0.717, 1.165) is 22.3 Å². The van der Waals surface area contributed by atoms with Gasteiger partial charge in [0.25, 0.3) is 0 Å². The van der Waals surface area contributed by atoms with Crippen LogP contribution in [0.25, 0.3) is 11.4 Å². The molecule has 2 atom stereocenters. The van der Waals surface area contributed by atoms with E-state index < -0.39 is 23.6 Å². The molecule has 0 spiro atoms. The molecule has 10 nitrogen and oxygen atoms in total. The van der Waals surface area contributed by atoms with E-state index in [1.807, 2.05) is 71.0 Å². The van der Waals surface area contributed by atoms with Crippen molar-refractivity contribution in [2.75, 3.05) is 27.3 Å². The van der Waals surface area contributed by atoms with Crippen molar-refractivity contribution in [2.24, 2.45) is 5.41 Å². The lowest BCUT2D eigenvalue weighted by atomic mass is 9.83. The molecule has 0 saturated heterocycles. The van der Waals surface area contributed by atoms with Gasteiger partial charge in [0, 0.05) is 19.7 Å². The van der Waals surface area contributed by atoms with Crippen LogP contribution >= 0.6 is 0 Å².